The zero-order valence-electron chi connectivity index (χ0n) is 8.44. The summed E-state index contributed by atoms with van der Waals surface area (Å²) in [6.07, 6.45) is 0. The van der Waals surface area contributed by atoms with Crippen LogP contribution in [0.1, 0.15) is 12.5 Å². The van der Waals surface area contributed by atoms with E-state index in [0.717, 1.165) is 0 Å². The molecule has 0 aliphatic carbocycles. The Morgan fingerprint density at radius 3 is 2.94 bits per heavy atom. The molecule has 0 spiro atoms. The molecule has 0 aliphatic rings. The number of carbonyl (C=O) groups is 1. The topological polar surface area (TPSA) is 71.6 Å². The number of halogens is 1. The fourth-order valence-electron chi connectivity index (χ4n) is 1.38. The van der Waals surface area contributed by atoms with Crippen molar-refractivity contribution in [2.45, 2.75) is 13.5 Å². The van der Waals surface area contributed by atoms with E-state index in [1.807, 2.05) is 6.07 Å². The molecule has 2 aromatic rings. The predicted octanol–water partition coefficient (Wildman–Crippen LogP) is 1.55. The fourth-order valence-corrected chi connectivity index (χ4v) is 1.60. The molecule has 6 heteroatoms. The van der Waals surface area contributed by atoms with Crippen molar-refractivity contribution in [1.82, 2.24) is 15.0 Å². The van der Waals surface area contributed by atoms with Crippen molar-refractivity contribution in [2.24, 2.45) is 0 Å². The van der Waals surface area contributed by atoms with Gasteiger partial charge in [0.05, 0.1) is 5.56 Å². The highest BCUT2D eigenvalue weighted by molar-refractivity contribution is 6.31. The predicted molar refractivity (Wildman–Crippen MR) is 57.9 cm³/mol. The van der Waals surface area contributed by atoms with Crippen LogP contribution in [0.5, 0.6) is 0 Å². The van der Waals surface area contributed by atoms with E-state index in [0.29, 0.717) is 21.6 Å². The Balaban J connectivity index is 2.61. The SMILES string of the molecule is CC(=O)Cn1nc2cc(Cl)cc(C#N)c2n1. The molecule has 0 aliphatic heterocycles. The highest BCUT2D eigenvalue weighted by Crippen LogP contribution is 2.20. The zero-order valence-corrected chi connectivity index (χ0v) is 9.19. The number of rotatable bonds is 2. The van der Waals surface area contributed by atoms with E-state index in [2.05, 4.69) is 10.2 Å². The van der Waals surface area contributed by atoms with Gasteiger partial charge >= 0.3 is 0 Å². The standard InChI is InChI=1S/C10H7ClN4O/c1-6(16)5-15-13-9-3-8(11)2-7(4-12)10(9)14-15/h2-3H,5H2,1H3. The minimum absolute atomic E-state index is 0.0510. The minimum atomic E-state index is -0.0510. The van der Waals surface area contributed by atoms with Gasteiger partial charge in [0, 0.05) is 5.02 Å². The summed E-state index contributed by atoms with van der Waals surface area (Å²) >= 11 is 5.82. The third kappa shape index (κ3) is 1.88. The molecule has 1 aromatic carbocycles. The average molecular weight is 235 g/mol. The van der Waals surface area contributed by atoms with Gasteiger partial charge in [-0.15, -0.1) is 0 Å². The quantitative estimate of drug-likeness (QED) is 0.790. The lowest BCUT2D eigenvalue weighted by atomic mass is 10.2. The van der Waals surface area contributed by atoms with Crippen molar-refractivity contribution in [2.75, 3.05) is 0 Å². The van der Waals surface area contributed by atoms with Gasteiger partial charge in [-0.2, -0.15) is 20.3 Å². The van der Waals surface area contributed by atoms with E-state index in [4.69, 9.17) is 16.9 Å². The zero-order chi connectivity index (χ0) is 11.7. The highest BCUT2D eigenvalue weighted by Gasteiger charge is 2.10. The minimum Gasteiger partial charge on any atom is -0.298 e. The van der Waals surface area contributed by atoms with Gasteiger partial charge < -0.3 is 0 Å². The maximum absolute atomic E-state index is 10.9. The lowest BCUT2D eigenvalue weighted by Crippen LogP contribution is -2.09. The van der Waals surface area contributed by atoms with Crippen LogP contribution in [0.2, 0.25) is 5.02 Å². The third-order valence-corrected chi connectivity index (χ3v) is 2.20. The normalized spacial score (nSPS) is 10.3. The molecular weight excluding hydrogens is 228 g/mol. The van der Waals surface area contributed by atoms with Gasteiger partial charge in [0.2, 0.25) is 0 Å². The lowest BCUT2D eigenvalue weighted by molar-refractivity contribution is -0.117. The molecule has 0 radical (unpaired) electrons. The Hall–Kier alpha value is -1.93. The van der Waals surface area contributed by atoms with Crippen LogP contribution in [0.3, 0.4) is 0 Å². The third-order valence-electron chi connectivity index (χ3n) is 1.98. The molecule has 16 heavy (non-hydrogen) atoms. The van der Waals surface area contributed by atoms with Gasteiger partial charge in [0.15, 0.2) is 5.78 Å². The van der Waals surface area contributed by atoms with E-state index in [9.17, 15) is 4.79 Å². The molecule has 0 saturated heterocycles. The van der Waals surface area contributed by atoms with Crippen molar-refractivity contribution in [1.29, 1.82) is 5.26 Å². The smallest absolute Gasteiger partial charge is 0.153 e. The number of Topliss-reactive ketones (excluding diaryl/α,β-unsaturated/α-hetero) is 1. The molecule has 2 rings (SSSR count). The molecule has 0 unspecified atom stereocenters. The molecule has 0 saturated carbocycles. The van der Waals surface area contributed by atoms with Gasteiger partial charge in [0.1, 0.15) is 23.6 Å². The molecule has 0 amide bonds. The average Bonchev–Trinajstić information content (AvgIpc) is 2.57. The second kappa shape index (κ2) is 3.91. The van der Waals surface area contributed by atoms with Crippen molar-refractivity contribution < 1.29 is 4.79 Å². The molecule has 1 aromatic heterocycles. The Morgan fingerprint density at radius 1 is 1.56 bits per heavy atom. The van der Waals surface area contributed by atoms with E-state index in [1.165, 1.54) is 17.8 Å². The van der Waals surface area contributed by atoms with Crippen LogP contribution in [-0.4, -0.2) is 20.8 Å². The van der Waals surface area contributed by atoms with Gasteiger partial charge in [0.25, 0.3) is 0 Å². The number of hydrogen-bond acceptors (Lipinski definition) is 4. The van der Waals surface area contributed by atoms with E-state index in [1.54, 1.807) is 6.07 Å². The van der Waals surface area contributed by atoms with Crippen LogP contribution in [0, 0.1) is 11.3 Å². The summed E-state index contributed by atoms with van der Waals surface area (Å²) in [6.45, 7) is 1.55. The Kier molecular flexibility index (Phi) is 2.59. The molecule has 5 nitrogen and oxygen atoms in total. The summed E-state index contributed by atoms with van der Waals surface area (Å²) in [4.78, 5) is 12.2. The first-order valence-electron chi connectivity index (χ1n) is 4.54. The van der Waals surface area contributed by atoms with Crippen molar-refractivity contribution in [3.8, 4) is 6.07 Å². The Bertz CT molecular complexity index is 611. The maximum Gasteiger partial charge on any atom is 0.153 e. The van der Waals surface area contributed by atoms with Crippen molar-refractivity contribution >= 4 is 28.4 Å². The number of nitriles is 1. The molecule has 0 N–H and O–H groups in total. The number of hydrogen-bond donors (Lipinski definition) is 0. The van der Waals surface area contributed by atoms with Crippen LogP contribution in [0.4, 0.5) is 0 Å². The summed E-state index contributed by atoms with van der Waals surface area (Å²) in [5.74, 6) is -0.0510. The van der Waals surface area contributed by atoms with Gasteiger partial charge in [-0.05, 0) is 19.1 Å². The van der Waals surface area contributed by atoms with Crippen LogP contribution in [0.15, 0.2) is 12.1 Å². The number of nitrogens with zero attached hydrogens (tertiary/aromatic N) is 4. The van der Waals surface area contributed by atoms with Crippen molar-refractivity contribution in [3.63, 3.8) is 0 Å². The van der Waals surface area contributed by atoms with Crippen LogP contribution in [0.25, 0.3) is 11.0 Å². The highest BCUT2D eigenvalue weighted by atomic mass is 35.5. The van der Waals surface area contributed by atoms with Gasteiger partial charge in [-0.3, -0.25) is 4.79 Å². The second-order valence-corrected chi connectivity index (χ2v) is 3.80. The Morgan fingerprint density at radius 2 is 2.31 bits per heavy atom. The molecule has 0 fully saturated rings. The van der Waals surface area contributed by atoms with E-state index >= 15 is 0 Å². The maximum atomic E-state index is 10.9. The van der Waals surface area contributed by atoms with Crippen LogP contribution >= 0.6 is 11.6 Å². The fraction of sp³-hybridized carbons (Fsp3) is 0.200. The van der Waals surface area contributed by atoms with Crippen LogP contribution < -0.4 is 0 Å². The molecular formula is C10H7ClN4O. The largest absolute Gasteiger partial charge is 0.298 e. The Labute approximate surface area is 96.2 Å². The summed E-state index contributed by atoms with van der Waals surface area (Å²) in [6, 6.07) is 5.13. The number of benzene rings is 1. The summed E-state index contributed by atoms with van der Waals surface area (Å²) in [5.41, 5.74) is 1.34. The first kappa shape index (κ1) is 10.6. The molecule has 0 bridgehead atoms. The van der Waals surface area contributed by atoms with E-state index < -0.39 is 0 Å². The van der Waals surface area contributed by atoms with E-state index in [-0.39, 0.29) is 12.3 Å². The van der Waals surface area contributed by atoms with Gasteiger partial charge in [-0.1, -0.05) is 11.6 Å². The molecule has 0 atom stereocenters. The first-order valence-corrected chi connectivity index (χ1v) is 4.92. The summed E-state index contributed by atoms with van der Waals surface area (Å²) in [5, 5.41) is 17.5. The second-order valence-electron chi connectivity index (χ2n) is 3.37. The number of ketones is 1. The summed E-state index contributed by atoms with van der Waals surface area (Å²) in [7, 11) is 0. The van der Waals surface area contributed by atoms with Crippen molar-refractivity contribution in [3.05, 3.63) is 22.7 Å². The number of fused-ring (bicyclic) bond motifs is 1. The first-order chi connectivity index (χ1) is 7.60. The summed E-state index contributed by atoms with van der Waals surface area (Å²) < 4.78 is 0. The monoisotopic (exact) mass is 234 g/mol. The molecule has 80 valence electrons. The number of carbonyl (C=O) groups excluding carboxylic acids is 1. The number of aromatic nitrogens is 3. The lowest BCUT2D eigenvalue weighted by Gasteiger charge is -1.91. The molecule has 1 heterocycles. The van der Waals surface area contributed by atoms with Gasteiger partial charge in [-0.25, -0.2) is 0 Å². The van der Waals surface area contributed by atoms with Crippen LogP contribution in [-0.2, 0) is 11.3 Å².